The molecule has 4 rings (SSSR count). The normalized spacial score (nSPS) is 24.8. The molecule has 2 amide bonds. The summed E-state index contributed by atoms with van der Waals surface area (Å²) in [6.45, 7) is 2.59. The van der Waals surface area contributed by atoms with Gasteiger partial charge in [0.05, 0.1) is 24.2 Å². The summed E-state index contributed by atoms with van der Waals surface area (Å²) in [7, 11) is 0. The molecule has 2 fully saturated rings. The number of nitrogens with zero attached hydrogens (tertiary/aromatic N) is 1. The molecule has 1 aromatic carbocycles. The number of hydrogen-bond donors (Lipinski definition) is 1. The average molecular weight is 376 g/mol. The van der Waals surface area contributed by atoms with Crippen LogP contribution in [-0.4, -0.2) is 59.8 Å². The molecule has 0 bridgehead atoms. The van der Waals surface area contributed by atoms with Crippen LogP contribution in [0.5, 0.6) is 0 Å². The standard InChI is InChI=1S/C19H24N2O4S/c22-17(21-9-7-19(8-10-21)24-11-12-25-19)13-26-16-6-5-14-3-1-2-4-15(14)20-18(16)23/h1-4,16H,5-13H2,(H,20,23). The maximum atomic E-state index is 12.5. The average Bonchev–Trinajstić information content (AvgIpc) is 3.04. The number of para-hydroxylation sites is 1. The number of carbonyl (C=O) groups excluding carboxylic acids is 2. The summed E-state index contributed by atoms with van der Waals surface area (Å²) in [5.41, 5.74) is 2.05. The van der Waals surface area contributed by atoms with Gasteiger partial charge in [-0.15, -0.1) is 11.8 Å². The Morgan fingerprint density at radius 2 is 1.96 bits per heavy atom. The largest absolute Gasteiger partial charge is 0.347 e. The Bertz CT molecular complexity index is 680. The summed E-state index contributed by atoms with van der Waals surface area (Å²) in [5.74, 6) is -0.0319. The molecule has 7 heteroatoms. The topological polar surface area (TPSA) is 67.9 Å². The zero-order valence-electron chi connectivity index (χ0n) is 14.7. The van der Waals surface area contributed by atoms with Crippen LogP contribution >= 0.6 is 11.8 Å². The first kappa shape index (κ1) is 17.8. The van der Waals surface area contributed by atoms with Gasteiger partial charge in [-0.2, -0.15) is 0 Å². The molecule has 0 aliphatic carbocycles. The summed E-state index contributed by atoms with van der Waals surface area (Å²) in [6.07, 6.45) is 3.05. The van der Waals surface area contributed by atoms with Gasteiger partial charge in [-0.05, 0) is 24.5 Å². The first-order valence-electron chi connectivity index (χ1n) is 9.21. The predicted molar refractivity (Wildman–Crippen MR) is 100 cm³/mol. The number of ether oxygens (including phenoxy) is 2. The van der Waals surface area contributed by atoms with Gasteiger partial charge < -0.3 is 19.7 Å². The van der Waals surface area contributed by atoms with Crippen LogP contribution in [0.4, 0.5) is 5.69 Å². The second-order valence-corrected chi connectivity index (χ2v) is 8.16. The predicted octanol–water partition coefficient (Wildman–Crippen LogP) is 2.04. The molecule has 1 unspecified atom stereocenters. The maximum absolute atomic E-state index is 12.5. The van der Waals surface area contributed by atoms with Crippen LogP contribution in [0.25, 0.3) is 0 Å². The lowest BCUT2D eigenvalue weighted by atomic mass is 10.0. The van der Waals surface area contributed by atoms with Crippen molar-refractivity contribution in [3.63, 3.8) is 0 Å². The van der Waals surface area contributed by atoms with Crippen LogP contribution in [0.15, 0.2) is 24.3 Å². The molecule has 140 valence electrons. The molecule has 0 aromatic heterocycles. The number of rotatable bonds is 3. The summed E-state index contributed by atoms with van der Waals surface area (Å²) >= 11 is 1.45. The van der Waals surface area contributed by atoms with Crippen molar-refractivity contribution in [3.8, 4) is 0 Å². The minimum Gasteiger partial charge on any atom is -0.347 e. The van der Waals surface area contributed by atoms with Gasteiger partial charge in [-0.3, -0.25) is 9.59 Å². The number of anilines is 1. The van der Waals surface area contributed by atoms with E-state index in [-0.39, 0.29) is 17.1 Å². The number of amides is 2. The van der Waals surface area contributed by atoms with Gasteiger partial charge in [0.2, 0.25) is 11.8 Å². The molecule has 2 saturated heterocycles. The number of benzene rings is 1. The fourth-order valence-corrected chi connectivity index (χ4v) is 4.82. The van der Waals surface area contributed by atoms with Crippen LogP contribution in [0.3, 0.4) is 0 Å². The highest BCUT2D eigenvalue weighted by atomic mass is 32.2. The molecular weight excluding hydrogens is 352 g/mol. The van der Waals surface area contributed by atoms with E-state index in [1.807, 2.05) is 29.2 Å². The molecule has 3 aliphatic heterocycles. The third-order valence-corrected chi connectivity index (χ3v) is 6.61. The van der Waals surface area contributed by atoms with Crippen LogP contribution in [0.2, 0.25) is 0 Å². The van der Waals surface area contributed by atoms with Crippen molar-refractivity contribution in [3.05, 3.63) is 29.8 Å². The molecule has 3 heterocycles. The van der Waals surface area contributed by atoms with Crippen molar-refractivity contribution < 1.29 is 19.1 Å². The second kappa shape index (κ2) is 7.58. The van der Waals surface area contributed by atoms with E-state index in [2.05, 4.69) is 5.32 Å². The summed E-state index contributed by atoms with van der Waals surface area (Å²) in [6, 6.07) is 7.90. The third kappa shape index (κ3) is 3.75. The maximum Gasteiger partial charge on any atom is 0.237 e. The van der Waals surface area contributed by atoms with Crippen LogP contribution in [-0.2, 0) is 25.5 Å². The zero-order chi connectivity index (χ0) is 18.0. The van der Waals surface area contributed by atoms with Gasteiger partial charge in [0, 0.05) is 31.6 Å². The molecule has 1 spiro atoms. The van der Waals surface area contributed by atoms with Crippen molar-refractivity contribution in [1.82, 2.24) is 4.90 Å². The first-order chi connectivity index (χ1) is 12.7. The number of fused-ring (bicyclic) bond motifs is 1. The Morgan fingerprint density at radius 1 is 1.23 bits per heavy atom. The molecule has 1 atom stereocenters. The van der Waals surface area contributed by atoms with Gasteiger partial charge in [0.1, 0.15) is 0 Å². The van der Waals surface area contributed by atoms with Gasteiger partial charge in [0.25, 0.3) is 0 Å². The minimum atomic E-state index is -0.461. The van der Waals surface area contributed by atoms with Gasteiger partial charge >= 0.3 is 0 Å². The van der Waals surface area contributed by atoms with E-state index < -0.39 is 5.79 Å². The van der Waals surface area contributed by atoms with Crippen LogP contribution in [0.1, 0.15) is 24.8 Å². The second-order valence-electron chi connectivity index (χ2n) is 6.97. The molecule has 1 aromatic rings. The third-order valence-electron chi connectivity index (χ3n) is 5.34. The van der Waals surface area contributed by atoms with Crippen molar-refractivity contribution in [2.24, 2.45) is 0 Å². The van der Waals surface area contributed by atoms with E-state index in [1.165, 1.54) is 11.8 Å². The van der Waals surface area contributed by atoms with Gasteiger partial charge in [0.15, 0.2) is 5.79 Å². The molecule has 6 nitrogen and oxygen atoms in total. The Morgan fingerprint density at radius 3 is 2.73 bits per heavy atom. The number of piperidine rings is 1. The lowest BCUT2D eigenvalue weighted by Gasteiger charge is -2.37. The zero-order valence-corrected chi connectivity index (χ0v) is 15.6. The van der Waals surface area contributed by atoms with E-state index in [9.17, 15) is 9.59 Å². The number of likely N-dealkylation sites (tertiary alicyclic amines) is 1. The van der Waals surface area contributed by atoms with E-state index in [0.29, 0.717) is 32.1 Å². The van der Waals surface area contributed by atoms with Crippen LogP contribution < -0.4 is 5.32 Å². The Hall–Kier alpha value is -1.57. The Kier molecular flexibility index (Phi) is 5.20. The highest BCUT2D eigenvalue weighted by Gasteiger charge is 2.40. The molecule has 0 saturated carbocycles. The number of thioether (sulfide) groups is 1. The highest BCUT2D eigenvalue weighted by Crippen LogP contribution is 2.32. The molecule has 0 radical (unpaired) electrons. The Balaban J connectivity index is 1.28. The molecular formula is C19H24N2O4S. The van der Waals surface area contributed by atoms with E-state index in [1.54, 1.807) is 0 Å². The lowest BCUT2D eigenvalue weighted by molar-refractivity contribution is -0.186. The quantitative estimate of drug-likeness (QED) is 0.874. The number of hydrogen-bond acceptors (Lipinski definition) is 5. The monoisotopic (exact) mass is 376 g/mol. The first-order valence-corrected chi connectivity index (χ1v) is 10.3. The number of carbonyl (C=O) groups is 2. The number of aryl methyl sites for hydroxylation is 1. The van der Waals surface area contributed by atoms with Crippen LogP contribution in [0, 0.1) is 0 Å². The SMILES string of the molecule is O=C1Nc2ccccc2CCC1SCC(=O)N1CCC2(CC1)OCCO2. The molecule has 1 N–H and O–H groups in total. The molecule has 26 heavy (non-hydrogen) atoms. The van der Waals surface area contributed by atoms with E-state index in [0.717, 1.165) is 36.9 Å². The fraction of sp³-hybridized carbons (Fsp3) is 0.579. The molecule has 3 aliphatic rings. The fourth-order valence-electron chi connectivity index (χ4n) is 3.80. The van der Waals surface area contributed by atoms with Crippen molar-refractivity contribution in [1.29, 1.82) is 0 Å². The summed E-state index contributed by atoms with van der Waals surface area (Å²) < 4.78 is 11.4. The summed E-state index contributed by atoms with van der Waals surface area (Å²) in [4.78, 5) is 26.9. The number of nitrogens with one attached hydrogen (secondary N) is 1. The van der Waals surface area contributed by atoms with E-state index in [4.69, 9.17) is 9.47 Å². The smallest absolute Gasteiger partial charge is 0.237 e. The lowest BCUT2D eigenvalue weighted by Crippen LogP contribution is -2.48. The van der Waals surface area contributed by atoms with E-state index >= 15 is 0 Å². The van der Waals surface area contributed by atoms with Crippen molar-refractivity contribution in [2.75, 3.05) is 37.4 Å². The van der Waals surface area contributed by atoms with Gasteiger partial charge in [-0.25, -0.2) is 0 Å². The summed E-state index contributed by atoms with van der Waals surface area (Å²) in [5, 5.41) is 2.80. The highest BCUT2D eigenvalue weighted by molar-refractivity contribution is 8.01. The minimum absolute atomic E-state index is 0.00176. The Labute approximate surface area is 157 Å². The van der Waals surface area contributed by atoms with Crippen molar-refractivity contribution in [2.45, 2.75) is 36.7 Å². The van der Waals surface area contributed by atoms with Crippen molar-refractivity contribution >= 4 is 29.3 Å². The van der Waals surface area contributed by atoms with Gasteiger partial charge in [-0.1, -0.05) is 18.2 Å².